The number of aryl methyl sites for hydroxylation is 1. The van der Waals surface area contributed by atoms with Crippen LogP contribution in [0.15, 0.2) is 41.3 Å². The number of hydrogen-bond acceptors (Lipinski definition) is 2. The summed E-state index contributed by atoms with van der Waals surface area (Å²) in [4.78, 5) is 29.3. The summed E-state index contributed by atoms with van der Waals surface area (Å²) < 4.78 is 0. The Bertz CT molecular complexity index is 733. The second kappa shape index (κ2) is 4.63. The zero-order valence-corrected chi connectivity index (χ0v) is 11.5. The highest BCUT2D eigenvalue weighted by atomic mass is 16.2. The number of carbonyl (C=O) groups is 1. The molecule has 102 valence electrons. The van der Waals surface area contributed by atoms with E-state index < -0.39 is 0 Å². The van der Waals surface area contributed by atoms with Gasteiger partial charge in [-0.3, -0.25) is 9.59 Å². The van der Waals surface area contributed by atoms with Gasteiger partial charge in [0, 0.05) is 29.7 Å². The number of anilines is 1. The van der Waals surface area contributed by atoms with Crippen molar-refractivity contribution in [2.45, 2.75) is 26.3 Å². The molecule has 0 saturated carbocycles. The van der Waals surface area contributed by atoms with Gasteiger partial charge in [-0.1, -0.05) is 18.2 Å². The minimum Gasteiger partial charge on any atom is -0.364 e. The molecule has 1 aromatic carbocycles. The third-order valence-corrected chi connectivity index (χ3v) is 3.71. The Morgan fingerprint density at radius 3 is 2.85 bits per heavy atom. The fourth-order valence-electron chi connectivity index (χ4n) is 2.75. The number of pyridine rings is 1. The highest BCUT2D eigenvalue weighted by Gasteiger charge is 2.32. The molecule has 0 fully saturated rings. The van der Waals surface area contributed by atoms with Crippen LogP contribution in [0.2, 0.25) is 0 Å². The number of rotatable bonds is 1. The lowest BCUT2D eigenvalue weighted by Gasteiger charge is -2.22. The fraction of sp³-hybridized carbons (Fsp3) is 0.250. The van der Waals surface area contributed by atoms with E-state index in [1.54, 1.807) is 11.8 Å². The van der Waals surface area contributed by atoms with Crippen molar-refractivity contribution in [3.8, 4) is 0 Å². The molecule has 1 N–H and O–H groups in total. The Morgan fingerprint density at radius 2 is 2.10 bits per heavy atom. The molecule has 2 heterocycles. The van der Waals surface area contributed by atoms with E-state index in [-0.39, 0.29) is 22.9 Å². The third kappa shape index (κ3) is 1.93. The lowest BCUT2D eigenvalue weighted by molar-refractivity contribution is 0.0980. The first-order valence-corrected chi connectivity index (χ1v) is 6.68. The number of nitrogens with zero attached hydrogens (tertiary/aromatic N) is 1. The van der Waals surface area contributed by atoms with Crippen molar-refractivity contribution in [1.82, 2.24) is 4.98 Å². The summed E-state index contributed by atoms with van der Waals surface area (Å²) in [6.45, 7) is 3.80. The topological polar surface area (TPSA) is 53.2 Å². The van der Waals surface area contributed by atoms with Gasteiger partial charge in [-0.15, -0.1) is 0 Å². The Kier molecular flexibility index (Phi) is 2.93. The molecule has 1 aliphatic rings. The van der Waals surface area contributed by atoms with Crippen LogP contribution in [0.3, 0.4) is 0 Å². The van der Waals surface area contributed by atoms with E-state index in [0.717, 1.165) is 23.4 Å². The van der Waals surface area contributed by atoms with Crippen LogP contribution in [0, 0.1) is 6.92 Å². The van der Waals surface area contributed by atoms with Crippen LogP contribution in [0.5, 0.6) is 0 Å². The van der Waals surface area contributed by atoms with Gasteiger partial charge in [0.25, 0.3) is 5.91 Å². The van der Waals surface area contributed by atoms with Crippen LogP contribution in [0.1, 0.15) is 28.5 Å². The first kappa shape index (κ1) is 12.7. The minimum atomic E-state index is -0.233. The van der Waals surface area contributed by atoms with Crippen molar-refractivity contribution in [3.63, 3.8) is 0 Å². The quantitative estimate of drug-likeness (QED) is 0.862. The summed E-state index contributed by atoms with van der Waals surface area (Å²) in [6, 6.07) is 9.37. The zero-order chi connectivity index (χ0) is 14.3. The zero-order valence-electron chi connectivity index (χ0n) is 11.5. The third-order valence-electron chi connectivity index (χ3n) is 3.71. The summed E-state index contributed by atoms with van der Waals surface area (Å²) in [6.07, 6.45) is 2.33. The number of benzene rings is 1. The van der Waals surface area contributed by atoms with Crippen LogP contribution in [-0.4, -0.2) is 16.9 Å². The standard InChI is InChI=1S/C16H16N2O2/c1-10-7-15(19)13(9-17-10)16(20)18-11(2)8-12-5-3-4-6-14(12)18/h3-7,9,11H,8H2,1-2H3,(H,17,19)/t11-/m1/s1. The highest BCUT2D eigenvalue weighted by Crippen LogP contribution is 2.32. The van der Waals surface area contributed by atoms with Gasteiger partial charge < -0.3 is 9.88 Å². The van der Waals surface area contributed by atoms with E-state index in [9.17, 15) is 9.59 Å². The van der Waals surface area contributed by atoms with Crippen molar-refractivity contribution in [2.24, 2.45) is 0 Å². The van der Waals surface area contributed by atoms with Crippen molar-refractivity contribution >= 4 is 11.6 Å². The molecule has 0 radical (unpaired) electrons. The number of aromatic amines is 1. The van der Waals surface area contributed by atoms with E-state index in [0.29, 0.717) is 0 Å². The molecule has 1 aliphatic heterocycles. The Morgan fingerprint density at radius 1 is 1.35 bits per heavy atom. The molecule has 0 bridgehead atoms. The van der Waals surface area contributed by atoms with Crippen LogP contribution in [0.25, 0.3) is 0 Å². The predicted octanol–water partition coefficient (Wildman–Crippen LogP) is 2.27. The summed E-state index contributed by atoms with van der Waals surface area (Å²) in [5, 5.41) is 0. The van der Waals surface area contributed by atoms with Gasteiger partial charge in [0.15, 0.2) is 5.43 Å². The summed E-state index contributed by atoms with van der Waals surface area (Å²) in [5.74, 6) is -0.233. The van der Waals surface area contributed by atoms with Crippen LogP contribution in [0.4, 0.5) is 5.69 Å². The molecule has 0 saturated heterocycles. The molecule has 0 spiro atoms. The average molecular weight is 268 g/mol. The maximum absolute atomic E-state index is 12.7. The Hall–Kier alpha value is -2.36. The smallest absolute Gasteiger partial charge is 0.264 e. The lowest BCUT2D eigenvalue weighted by Crippen LogP contribution is -2.38. The molecular weight excluding hydrogens is 252 g/mol. The van der Waals surface area contributed by atoms with Crippen molar-refractivity contribution in [1.29, 1.82) is 0 Å². The van der Waals surface area contributed by atoms with Gasteiger partial charge >= 0.3 is 0 Å². The van der Waals surface area contributed by atoms with Gasteiger partial charge in [-0.25, -0.2) is 0 Å². The molecule has 3 rings (SSSR count). The number of fused-ring (bicyclic) bond motifs is 1. The Labute approximate surface area is 117 Å². The van der Waals surface area contributed by atoms with Crippen molar-refractivity contribution in [3.05, 3.63) is 63.6 Å². The molecule has 20 heavy (non-hydrogen) atoms. The first-order valence-electron chi connectivity index (χ1n) is 6.68. The number of amides is 1. The number of carbonyl (C=O) groups excluding carboxylic acids is 1. The molecule has 4 heteroatoms. The predicted molar refractivity (Wildman–Crippen MR) is 78.2 cm³/mol. The molecule has 4 nitrogen and oxygen atoms in total. The van der Waals surface area contributed by atoms with Crippen LogP contribution >= 0.6 is 0 Å². The van der Waals surface area contributed by atoms with Gasteiger partial charge in [-0.05, 0) is 31.9 Å². The number of para-hydroxylation sites is 1. The fourth-order valence-corrected chi connectivity index (χ4v) is 2.75. The number of aromatic nitrogens is 1. The Balaban J connectivity index is 2.05. The normalized spacial score (nSPS) is 17.1. The SMILES string of the molecule is Cc1cc(=O)c(C(=O)N2c3ccccc3C[C@H]2C)c[nH]1. The second-order valence-electron chi connectivity index (χ2n) is 5.25. The van der Waals surface area contributed by atoms with E-state index in [1.807, 2.05) is 31.2 Å². The van der Waals surface area contributed by atoms with E-state index in [1.165, 1.54) is 12.3 Å². The highest BCUT2D eigenvalue weighted by molar-refractivity contribution is 6.07. The van der Waals surface area contributed by atoms with Crippen molar-refractivity contribution < 1.29 is 4.79 Å². The maximum Gasteiger partial charge on any atom is 0.264 e. The maximum atomic E-state index is 12.7. The molecular formula is C16H16N2O2. The van der Waals surface area contributed by atoms with E-state index >= 15 is 0 Å². The molecule has 1 atom stereocenters. The van der Waals surface area contributed by atoms with Gasteiger partial charge in [0.05, 0.1) is 0 Å². The van der Waals surface area contributed by atoms with Gasteiger partial charge in [-0.2, -0.15) is 0 Å². The first-order chi connectivity index (χ1) is 9.58. The van der Waals surface area contributed by atoms with Gasteiger partial charge in [0.1, 0.15) is 5.56 Å². The minimum absolute atomic E-state index is 0.0700. The molecule has 1 amide bonds. The molecule has 0 unspecified atom stereocenters. The summed E-state index contributed by atoms with van der Waals surface area (Å²) >= 11 is 0. The molecule has 0 aliphatic carbocycles. The number of hydrogen-bond donors (Lipinski definition) is 1. The second-order valence-corrected chi connectivity index (χ2v) is 5.25. The van der Waals surface area contributed by atoms with E-state index in [4.69, 9.17) is 0 Å². The van der Waals surface area contributed by atoms with Crippen LogP contribution < -0.4 is 10.3 Å². The van der Waals surface area contributed by atoms with E-state index in [2.05, 4.69) is 4.98 Å². The summed E-state index contributed by atoms with van der Waals surface area (Å²) in [5.41, 5.74) is 2.77. The van der Waals surface area contributed by atoms with Gasteiger partial charge in [0.2, 0.25) is 0 Å². The monoisotopic (exact) mass is 268 g/mol. The lowest BCUT2D eigenvalue weighted by atomic mass is 10.1. The van der Waals surface area contributed by atoms with Crippen LogP contribution in [-0.2, 0) is 6.42 Å². The summed E-state index contributed by atoms with van der Waals surface area (Å²) in [7, 11) is 0. The largest absolute Gasteiger partial charge is 0.364 e. The number of nitrogens with one attached hydrogen (secondary N) is 1. The molecule has 2 aromatic rings. The average Bonchev–Trinajstić information content (AvgIpc) is 2.73. The van der Waals surface area contributed by atoms with Crippen molar-refractivity contribution in [2.75, 3.05) is 4.90 Å². The number of H-pyrrole nitrogens is 1. The molecule has 1 aromatic heterocycles.